The first-order valence-corrected chi connectivity index (χ1v) is 6.81. The van der Waals surface area contributed by atoms with Crippen LogP contribution in [0.25, 0.3) is 22.2 Å². The van der Waals surface area contributed by atoms with Gasteiger partial charge in [-0.1, -0.05) is 11.6 Å². The molecule has 0 fully saturated rings. The molecular formula is C13H9ClN2O2S. The monoisotopic (exact) mass is 292 g/mol. The molecule has 1 N–H and O–H groups in total. The first-order chi connectivity index (χ1) is 9.09. The fourth-order valence-corrected chi connectivity index (χ4v) is 2.85. The highest BCUT2D eigenvalue weighted by atomic mass is 35.5. The Morgan fingerprint density at radius 2 is 2.26 bits per heavy atom. The summed E-state index contributed by atoms with van der Waals surface area (Å²) in [5, 5.41) is 14.9. The third-order valence-electron chi connectivity index (χ3n) is 2.97. The smallest absolute Gasteiger partial charge is 0.263 e. The highest BCUT2D eigenvalue weighted by Gasteiger charge is 2.17. The second-order valence-electron chi connectivity index (χ2n) is 4.12. The third kappa shape index (κ3) is 1.82. The van der Waals surface area contributed by atoms with Gasteiger partial charge < -0.3 is 5.11 Å². The van der Waals surface area contributed by atoms with E-state index in [4.69, 9.17) is 11.6 Å². The van der Waals surface area contributed by atoms with Crippen LogP contribution in [0.2, 0.25) is 5.02 Å². The summed E-state index contributed by atoms with van der Waals surface area (Å²) in [6.07, 6.45) is 1.45. The van der Waals surface area contributed by atoms with Gasteiger partial charge in [0.05, 0.1) is 16.0 Å². The minimum Gasteiger partial charge on any atom is -0.506 e. The summed E-state index contributed by atoms with van der Waals surface area (Å²) >= 11 is 7.37. The Kier molecular flexibility index (Phi) is 2.80. The molecule has 0 aromatic carbocycles. The van der Waals surface area contributed by atoms with Gasteiger partial charge in [0.15, 0.2) is 0 Å². The predicted octanol–water partition coefficient (Wildman–Crippen LogP) is 3.02. The Morgan fingerprint density at radius 1 is 1.47 bits per heavy atom. The average Bonchev–Trinajstić information content (AvgIpc) is 2.90. The molecule has 3 aromatic heterocycles. The molecule has 0 spiro atoms. The van der Waals surface area contributed by atoms with Crippen molar-refractivity contribution in [3.8, 4) is 16.9 Å². The van der Waals surface area contributed by atoms with Crippen LogP contribution in [0.15, 0.2) is 33.9 Å². The Balaban J connectivity index is 2.51. The second-order valence-corrected chi connectivity index (χ2v) is 5.34. The number of thiophene rings is 1. The predicted molar refractivity (Wildman–Crippen MR) is 77.0 cm³/mol. The summed E-state index contributed by atoms with van der Waals surface area (Å²) in [6, 6.07) is 3.40. The van der Waals surface area contributed by atoms with E-state index >= 15 is 0 Å². The fourth-order valence-electron chi connectivity index (χ4n) is 2.04. The molecule has 96 valence electrons. The van der Waals surface area contributed by atoms with Crippen molar-refractivity contribution in [1.29, 1.82) is 0 Å². The lowest BCUT2D eigenvalue weighted by atomic mass is 10.1. The summed E-state index contributed by atoms with van der Waals surface area (Å²) in [6.45, 7) is 0. The molecule has 0 bridgehead atoms. The Bertz CT molecular complexity index is 825. The zero-order valence-electron chi connectivity index (χ0n) is 9.92. The number of hydrogen-bond acceptors (Lipinski definition) is 4. The third-order valence-corrected chi connectivity index (χ3v) is 3.86. The molecule has 4 nitrogen and oxygen atoms in total. The lowest BCUT2D eigenvalue weighted by Crippen LogP contribution is -2.19. The molecule has 3 heterocycles. The molecular weight excluding hydrogens is 284 g/mol. The standard InChI is InChI=1S/C13H9ClN2O2S/c1-16-12-9(4-8(14)5-15-12)11(17)10(13(16)18)7-2-3-19-6-7/h2-6,17H,1H3. The maximum Gasteiger partial charge on any atom is 0.263 e. The fraction of sp³-hybridized carbons (Fsp3) is 0.0769. The van der Waals surface area contributed by atoms with E-state index in [-0.39, 0.29) is 16.9 Å². The summed E-state index contributed by atoms with van der Waals surface area (Å²) in [5.74, 6) is -0.0773. The minimum absolute atomic E-state index is 0.0773. The van der Waals surface area contributed by atoms with Crippen LogP contribution in [-0.2, 0) is 7.05 Å². The number of rotatable bonds is 1. The number of aromatic hydroxyl groups is 1. The summed E-state index contributed by atoms with van der Waals surface area (Å²) in [5.41, 5.74) is 1.11. The number of halogens is 1. The van der Waals surface area contributed by atoms with Crippen LogP contribution in [0, 0.1) is 0 Å². The molecule has 3 rings (SSSR count). The largest absolute Gasteiger partial charge is 0.506 e. The van der Waals surface area contributed by atoms with E-state index in [0.29, 0.717) is 21.6 Å². The summed E-state index contributed by atoms with van der Waals surface area (Å²) in [4.78, 5) is 16.4. The van der Waals surface area contributed by atoms with Crippen molar-refractivity contribution in [2.24, 2.45) is 7.05 Å². The number of pyridine rings is 2. The molecule has 0 unspecified atom stereocenters. The summed E-state index contributed by atoms with van der Waals surface area (Å²) < 4.78 is 1.42. The van der Waals surface area contributed by atoms with Crippen molar-refractivity contribution < 1.29 is 5.11 Å². The average molecular weight is 293 g/mol. The van der Waals surface area contributed by atoms with Gasteiger partial charge >= 0.3 is 0 Å². The normalized spacial score (nSPS) is 11.1. The molecule has 0 aliphatic carbocycles. The van der Waals surface area contributed by atoms with E-state index in [0.717, 1.165) is 0 Å². The van der Waals surface area contributed by atoms with Gasteiger partial charge in [-0.05, 0) is 22.9 Å². The summed E-state index contributed by atoms with van der Waals surface area (Å²) in [7, 11) is 1.63. The Labute approximate surface area is 117 Å². The lowest BCUT2D eigenvalue weighted by molar-refractivity contribution is 0.481. The minimum atomic E-state index is -0.279. The van der Waals surface area contributed by atoms with Gasteiger partial charge in [-0.2, -0.15) is 11.3 Å². The molecule has 0 aliphatic heterocycles. The molecule has 0 aliphatic rings. The van der Waals surface area contributed by atoms with Gasteiger partial charge in [-0.15, -0.1) is 0 Å². The maximum absolute atomic E-state index is 12.3. The number of hydrogen-bond donors (Lipinski definition) is 1. The van der Waals surface area contributed by atoms with Gasteiger partial charge in [-0.25, -0.2) is 4.98 Å². The Hall–Kier alpha value is -1.85. The quantitative estimate of drug-likeness (QED) is 0.750. The van der Waals surface area contributed by atoms with Gasteiger partial charge in [0, 0.05) is 18.8 Å². The topological polar surface area (TPSA) is 55.1 Å². The van der Waals surface area contributed by atoms with Crippen LogP contribution in [0.1, 0.15) is 0 Å². The lowest BCUT2D eigenvalue weighted by Gasteiger charge is -2.10. The van der Waals surface area contributed by atoms with Crippen molar-refractivity contribution in [3.63, 3.8) is 0 Å². The van der Waals surface area contributed by atoms with Gasteiger partial charge in [-0.3, -0.25) is 9.36 Å². The highest BCUT2D eigenvalue weighted by molar-refractivity contribution is 7.08. The number of nitrogens with zero attached hydrogens (tertiary/aromatic N) is 2. The Morgan fingerprint density at radius 3 is 2.95 bits per heavy atom. The van der Waals surface area contributed by atoms with Crippen molar-refractivity contribution in [2.45, 2.75) is 0 Å². The van der Waals surface area contributed by atoms with Crippen LogP contribution >= 0.6 is 22.9 Å². The first kappa shape index (κ1) is 12.2. The van der Waals surface area contributed by atoms with E-state index < -0.39 is 0 Å². The molecule has 0 radical (unpaired) electrons. The highest BCUT2D eigenvalue weighted by Crippen LogP contribution is 2.33. The van der Waals surface area contributed by atoms with E-state index in [1.54, 1.807) is 19.2 Å². The van der Waals surface area contributed by atoms with Gasteiger partial charge in [0.25, 0.3) is 5.56 Å². The number of aromatic nitrogens is 2. The van der Waals surface area contributed by atoms with E-state index in [9.17, 15) is 9.90 Å². The molecule has 0 saturated heterocycles. The van der Waals surface area contributed by atoms with Crippen LogP contribution in [0.3, 0.4) is 0 Å². The van der Waals surface area contributed by atoms with E-state index in [1.165, 1.54) is 22.1 Å². The molecule has 0 saturated carbocycles. The van der Waals surface area contributed by atoms with Crippen molar-refractivity contribution in [2.75, 3.05) is 0 Å². The first-order valence-electron chi connectivity index (χ1n) is 5.49. The molecule has 0 amide bonds. The molecule has 0 atom stereocenters. The molecule has 19 heavy (non-hydrogen) atoms. The molecule has 3 aromatic rings. The van der Waals surface area contributed by atoms with E-state index in [2.05, 4.69) is 4.98 Å². The number of fused-ring (bicyclic) bond motifs is 1. The van der Waals surface area contributed by atoms with Crippen LogP contribution in [-0.4, -0.2) is 14.7 Å². The molecule has 6 heteroatoms. The SMILES string of the molecule is Cn1c(=O)c(-c2ccsc2)c(O)c2cc(Cl)cnc21. The second kappa shape index (κ2) is 4.36. The van der Waals surface area contributed by atoms with Crippen LogP contribution in [0.5, 0.6) is 5.75 Å². The van der Waals surface area contributed by atoms with Crippen molar-refractivity contribution >= 4 is 34.0 Å². The maximum atomic E-state index is 12.3. The zero-order valence-corrected chi connectivity index (χ0v) is 11.5. The zero-order chi connectivity index (χ0) is 13.6. The van der Waals surface area contributed by atoms with Crippen LogP contribution < -0.4 is 5.56 Å². The van der Waals surface area contributed by atoms with Crippen molar-refractivity contribution in [3.05, 3.63) is 44.5 Å². The van der Waals surface area contributed by atoms with E-state index in [1.807, 2.05) is 10.8 Å². The number of aryl methyl sites for hydroxylation is 1. The van der Waals surface area contributed by atoms with Gasteiger partial charge in [0.2, 0.25) is 0 Å². The van der Waals surface area contributed by atoms with Crippen LogP contribution in [0.4, 0.5) is 0 Å². The van der Waals surface area contributed by atoms with Crippen molar-refractivity contribution in [1.82, 2.24) is 9.55 Å². The van der Waals surface area contributed by atoms with Gasteiger partial charge in [0.1, 0.15) is 11.4 Å².